The maximum Gasteiger partial charge on any atom is 0.316 e. The first-order valence-electron chi connectivity index (χ1n) is 6.53. The molecule has 0 heterocycles. The Bertz CT molecular complexity index is 479. The summed E-state index contributed by atoms with van der Waals surface area (Å²) in [4.78, 5) is 11.9. The van der Waals surface area contributed by atoms with E-state index in [1.807, 2.05) is 0 Å². The maximum atomic E-state index is 13.7. The monoisotopic (exact) mass is 268 g/mol. The topological polar surface area (TPSA) is 26.3 Å². The number of carbonyl (C=O) groups excluding carboxylic acids is 1. The van der Waals surface area contributed by atoms with Crippen LogP contribution < -0.4 is 0 Å². The van der Waals surface area contributed by atoms with Crippen LogP contribution >= 0.6 is 0 Å². The molecule has 1 fully saturated rings. The molecule has 0 radical (unpaired) electrons. The first-order chi connectivity index (χ1) is 8.96. The van der Waals surface area contributed by atoms with Crippen LogP contribution in [-0.2, 0) is 20.9 Å². The van der Waals surface area contributed by atoms with E-state index < -0.39 is 11.3 Å². The zero-order valence-electron chi connectivity index (χ0n) is 11.2. The molecule has 1 aliphatic rings. The molecule has 0 saturated heterocycles. The highest BCUT2D eigenvalue weighted by Gasteiger charge is 2.47. The van der Waals surface area contributed by atoms with Crippen molar-refractivity contribution in [3.8, 4) is 0 Å². The van der Waals surface area contributed by atoms with Crippen LogP contribution in [0.15, 0.2) is 24.3 Å². The van der Waals surface area contributed by atoms with Crippen molar-refractivity contribution < 1.29 is 18.3 Å². The Hall–Kier alpha value is -1.45. The normalized spacial score (nSPS) is 17.7. The Balaban J connectivity index is 2.41. The van der Waals surface area contributed by atoms with Gasteiger partial charge >= 0.3 is 5.97 Å². The number of alkyl halides is 2. The van der Waals surface area contributed by atoms with Crippen molar-refractivity contribution in [3.05, 3.63) is 35.4 Å². The molecule has 19 heavy (non-hydrogen) atoms. The molecule has 0 aliphatic heterocycles. The van der Waals surface area contributed by atoms with E-state index in [-0.39, 0.29) is 18.0 Å². The molecular formula is C15H18F2O2. The van der Waals surface area contributed by atoms with E-state index in [4.69, 9.17) is 4.74 Å². The van der Waals surface area contributed by atoms with Crippen LogP contribution in [0.1, 0.15) is 43.7 Å². The number of benzene rings is 1. The van der Waals surface area contributed by atoms with E-state index in [9.17, 15) is 13.6 Å². The minimum atomic E-state index is -2.85. The number of hydrogen-bond donors (Lipinski definition) is 0. The van der Waals surface area contributed by atoms with Gasteiger partial charge in [-0.3, -0.25) is 4.79 Å². The largest absolute Gasteiger partial charge is 0.468 e. The van der Waals surface area contributed by atoms with E-state index in [0.29, 0.717) is 18.4 Å². The molecule has 0 amide bonds. The predicted molar refractivity (Wildman–Crippen MR) is 68.2 cm³/mol. The van der Waals surface area contributed by atoms with Crippen molar-refractivity contribution in [2.45, 2.75) is 43.9 Å². The van der Waals surface area contributed by atoms with Gasteiger partial charge < -0.3 is 4.74 Å². The molecule has 0 spiro atoms. The number of hydrogen-bond acceptors (Lipinski definition) is 2. The molecule has 1 saturated carbocycles. The van der Waals surface area contributed by atoms with Crippen molar-refractivity contribution in [2.75, 3.05) is 7.11 Å². The second kappa shape index (κ2) is 4.91. The standard InChI is InChI=1S/C15H18F2O2/c1-3-15(16,17)12-7-4-6-11(10-12)14(8-5-9-14)13(18)19-2/h4,6-7,10H,3,5,8-9H2,1-2H3. The Morgan fingerprint density at radius 1 is 1.42 bits per heavy atom. The lowest BCUT2D eigenvalue weighted by Crippen LogP contribution is -2.43. The molecule has 2 nitrogen and oxygen atoms in total. The molecular weight excluding hydrogens is 250 g/mol. The minimum Gasteiger partial charge on any atom is -0.468 e. The molecule has 0 aromatic heterocycles. The lowest BCUT2D eigenvalue weighted by molar-refractivity contribution is -0.151. The Labute approximate surface area is 111 Å². The molecule has 2 rings (SSSR count). The summed E-state index contributed by atoms with van der Waals surface area (Å²) in [6, 6.07) is 6.21. The Morgan fingerprint density at radius 3 is 2.58 bits per heavy atom. The fourth-order valence-electron chi connectivity index (χ4n) is 2.58. The average molecular weight is 268 g/mol. The molecule has 0 N–H and O–H groups in total. The summed E-state index contributed by atoms with van der Waals surface area (Å²) in [6.07, 6.45) is 2.01. The second-order valence-corrected chi connectivity index (χ2v) is 5.07. The van der Waals surface area contributed by atoms with Gasteiger partial charge in [0.2, 0.25) is 0 Å². The van der Waals surface area contributed by atoms with E-state index >= 15 is 0 Å². The number of rotatable bonds is 4. The maximum absolute atomic E-state index is 13.7. The third-order valence-electron chi connectivity index (χ3n) is 4.06. The van der Waals surface area contributed by atoms with E-state index in [0.717, 1.165) is 6.42 Å². The summed E-state index contributed by atoms with van der Waals surface area (Å²) in [5.41, 5.74) is -0.0897. The third-order valence-corrected chi connectivity index (χ3v) is 4.06. The van der Waals surface area contributed by atoms with Crippen molar-refractivity contribution in [1.82, 2.24) is 0 Å². The lowest BCUT2D eigenvalue weighted by Gasteiger charge is -2.39. The van der Waals surface area contributed by atoms with Crippen LogP contribution in [0.5, 0.6) is 0 Å². The molecule has 0 atom stereocenters. The zero-order chi connectivity index (χ0) is 14.1. The number of ether oxygens (including phenoxy) is 1. The number of carbonyl (C=O) groups is 1. The van der Waals surface area contributed by atoms with Gasteiger partial charge in [-0.1, -0.05) is 31.5 Å². The van der Waals surface area contributed by atoms with E-state index in [2.05, 4.69) is 0 Å². The van der Waals surface area contributed by atoms with Crippen molar-refractivity contribution in [1.29, 1.82) is 0 Å². The molecule has 104 valence electrons. The highest BCUT2D eigenvalue weighted by atomic mass is 19.3. The molecule has 1 aromatic carbocycles. The minimum absolute atomic E-state index is 0.0253. The fraction of sp³-hybridized carbons (Fsp3) is 0.533. The molecule has 0 bridgehead atoms. The third kappa shape index (κ3) is 2.24. The lowest BCUT2D eigenvalue weighted by atomic mass is 9.64. The second-order valence-electron chi connectivity index (χ2n) is 5.07. The van der Waals surface area contributed by atoms with Gasteiger partial charge in [0.05, 0.1) is 12.5 Å². The zero-order valence-corrected chi connectivity index (χ0v) is 11.2. The van der Waals surface area contributed by atoms with Crippen LogP contribution in [0.25, 0.3) is 0 Å². The fourth-order valence-corrected chi connectivity index (χ4v) is 2.58. The number of esters is 1. The molecule has 1 aromatic rings. The SMILES string of the molecule is CCC(F)(F)c1cccc(C2(C(=O)OC)CCC2)c1. The predicted octanol–water partition coefficient (Wildman–Crippen LogP) is 3.78. The van der Waals surface area contributed by atoms with Gasteiger partial charge in [0.25, 0.3) is 5.92 Å². The summed E-state index contributed by atoms with van der Waals surface area (Å²) in [6.45, 7) is 1.45. The van der Waals surface area contributed by atoms with Crippen LogP contribution in [0.3, 0.4) is 0 Å². The average Bonchev–Trinajstić information content (AvgIpc) is 2.37. The summed E-state index contributed by atoms with van der Waals surface area (Å²) in [5, 5.41) is 0. The molecule has 4 heteroatoms. The summed E-state index contributed by atoms with van der Waals surface area (Å²) >= 11 is 0. The van der Waals surface area contributed by atoms with Gasteiger partial charge in [-0.15, -0.1) is 0 Å². The van der Waals surface area contributed by atoms with Crippen LogP contribution in [0.4, 0.5) is 8.78 Å². The molecule has 1 aliphatic carbocycles. The summed E-state index contributed by atoms with van der Waals surface area (Å²) < 4.78 is 32.3. The quantitative estimate of drug-likeness (QED) is 0.777. The van der Waals surface area contributed by atoms with Gasteiger partial charge in [0, 0.05) is 12.0 Å². The van der Waals surface area contributed by atoms with Crippen molar-refractivity contribution in [2.24, 2.45) is 0 Å². The van der Waals surface area contributed by atoms with Crippen LogP contribution in [0, 0.1) is 0 Å². The number of methoxy groups -OCH3 is 1. The Morgan fingerprint density at radius 2 is 2.11 bits per heavy atom. The van der Waals surface area contributed by atoms with E-state index in [1.54, 1.807) is 12.1 Å². The first kappa shape index (κ1) is 14.0. The van der Waals surface area contributed by atoms with Crippen LogP contribution in [0.2, 0.25) is 0 Å². The Kier molecular flexibility index (Phi) is 3.61. The van der Waals surface area contributed by atoms with Gasteiger partial charge in [-0.2, -0.15) is 0 Å². The number of halogens is 2. The van der Waals surface area contributed by atoms with Gasteiger partial charge in [-0.05, 0) is 24.5 Å². The van der Waals surface area contributed by atoms with E-state index in [1.165, 1.54) is 26.2 Å². The van der Waals surface area contributed by atoms with Gasteiger partial charge in [-0.25, -0.2) is 8.78 Å². The van der Waals surface area contributed by atoms with Gasteiger partial charge in [0.15, 0.2) is 0 Å². The smallest absolute Gasteiger partial charge is 0.316 e. The molecule has 0 unspecified atom stereocenters. The summed E-state index contributed by atoms with van der Waals surface area (Å²) in [5.74, 6) is -3.17. The highest BCUT2D eigenvalue weighted by Crippen LogP contribution is 2.46. The first-order valence-corrected chi connectivity index (χ1v) is 6.53. The van der Waals surface area contributed by atoms with Crippen molar-refractivity contribution in [3.63, 3.8) is 0 Å². The van der Waals surface area contributed by atoms with Crippen LogP contribution in [-0.4, -0.2) is 13.1 Å². The highest BCUT2D eigenvalue weighted by molar-refractivity contribution is 5.84. The summed E-state index contributed by atoms with van der Waals surface area (Å²) in [7, 11) is 1.34. The van der Waals surface area contributed by atoms with Gasteiger partial charge in [0.1, 0.15) is 0 Å². The van der Waals surface area contributed by atoms with Crippen molar-refractivity contribution >= 4 is 5.97 Å².